The first-order chi connectivity index (χ1) is 13.2. The molecule has 2 heteroatoms. The van der Waals surface area contributed by atoms with Gasteiger partial charge in [-0.25, -0.2) is 0 Å². The fraction of sp³-hybridized carbons (Fsp3) is 0.160. The van der Waals surface area contributed by atoms with Crippen LogP contribution in [0, 0.1) is 6.92 Å². The summed E-state index contributed by atoms with van der Waals surface area (Å²) in [5, 5.41) is 3.57. The highest BCUT2D eigenvalue weighted by molar-refractivity contribution is 5.94. The third-order valence-electron chi connectivity index (χ3n) is 4.63. The van der Waals surface area contributed by atoms with Crippen LogP contribution in [0.3, 0.4) is 0 Å². The van der Waals surface area contributed by atoms with Gasteiger partial charge in [-0.2, -0.15) is 0 Å². The maximum absolute atomic E-state index is 12.6. The van der Waals surface area contributed by atoms with E-state index in [0.717, 1.165) is 12.1 Å². The Morgan fingerprint density at radius 2 is 1.52 bits per heavy atom. The third kappa shape index (κ3) is 5.77. The minimum Gasteiger partial charge on any atom is -0.305 e. The predicted molar refractivity (Wildman–Crippen MR) is 112 cm³/mol. The van der Waals surface area contributed by atoms with Crippen LogP contribution >= 0.6 is 0 Å². The van der Waals surface area contributed by atoms with E-state index in [0.29, 0.717) is 6.42 Å². The molecule has 0 saturated carbocycles. The van der Waals surface area contributed by atoms with Crippen LogP contribution in [0.4, 0.5) is 0 Å². The summed E-state index contributed by atoms with van der Waals surface area (Å²) in [7, 11) is 0. The zero-order valence-corrected chi connectivity index (χ0v) is 15.6. The zero-order chi connectivity index (χ0) is 18.9. The SMILES string of the molecule is Cc1ccccc1C(CC(=O)/C=C\c1ccccc1)NCc1ccccc1. The number of rotatable bonds is 8. The van der Waals surface area contributed by atoms with Crippen LogP contribution in [0.2, 0.25) is 0 Å². The van der Waals surface area contributed by atoms with Crippen LogP contribution in [-0.4, -0.2) is 5.78 Å². The standard InChI is InChI=1S/C25H25NO/c1-20-10-8-9-15-24(20)25(26-19-22-13-6-3-7-14-22)18-23(27)17-16-21-11-4-2-5-12-21/h2-17,25-26H,18-19H2,1H3/b17-16-. The molecule has 0 fully saturated rings. The number of allylic oxidation sites excluding steroid dienone is 1. The molecule has 0 bridgehead atoms. The second-order valence-electron chi connectivity index (χ2n) is 6.69. The molecule has 0 aromatic heterocycles. The number of aryl methyl sites for hydroxylation is 1. The molecule has 0 radical (unpaired) electrons. The largest absolute Gasteiger partial charge is 0.305 e. The van der Waals surface area contributed by atoms with Gasteiger partial charge in [-0.15, -0.1) is 0 Å². The molecule has 2 nitrogen and oxygen atoms in total. The van der Waals surface area contributed by atoms with Crippen molar-refractivity contribution in [1.82, 2.24) is 5.32 Å². The molecule has 0 heterocycles. The molecule has 0 aliphatic carbocycles. The summed E-state index contributed by atoms with van der Waals surface area (Å²) < 4.78 is 0. The van der Waals surface area contributed by atoms with Crippen LogP contribution in [0.5, 0.6) is 0 Å². The lowest BCUT2D eigenvalue weighted by molar-refractivity contribution is -0.115. The Morgan fingerprint density at radius 1 is 0.889 bits per heavy atom. The molecule has 0 aliphatic rings. The van der Waals surface area contributed by atoms with Crippen molar-refractivity contribution in [2.75, 3.05) is 0 Å². The van der Waals surface area contributed by atoms with Crippen LogP contribution in [0.1, 0.15) is 34.7 Å². The second-order valence-corrected chi connectivity index (χ2v) is 6.69. The van der Waals surface area contributed by atoms with E-state index in [1.165, 1.54) is 16.7 Å². The van der Waals surface area contributed by atoms with Gasteiger partial charge in [0.25, 0.3) is 0 Å². The molecule has 0 saturated heterocycles. The number of hydrogen-bond donors (Lipinski definition) is 1. The number of benzene rings is 3. The van der Waals surface area contributed by atoms with E-state index in [1.807, 2.05) is 66.7 Å². The number of carbonyl (C=O) groups is 1. The van der Waals surface area contributed by atoms with Gasteiger partial charge in [0.2, 0.25) is 0 Å². The van der Waals surface area contributed by atoms with Gasteiger partial charge in [-0.3, -0.25) is 4.79 Å². The van der Waals surface area contributed by atoms with Gasteiger partial charge in [-0.1, -0.05) is 91.0 Å². The van der Waals surface area contributed by atoms with Gasteiger partial charge < -0.3 is 5.32 Å². The van der Waals surface area contributed by atoms with Gasteiger partial charge in [0, 0.05) is 19.0 Å². The number of hydrogen-bond acceptors (Lipinski definition) is 2. The van der Waals surface area contributed by atoms with Crippen molar-refractivity contribution in [2.24, 2.45) is 0 Å². The molecule has 3 aromatic rings. The highest BCUT2D eigenvalue weighted by Gasteiger charge is 2.16. The summed E-state index contributed by atoms with van der Waals surface area (Å²) in [4.78, 5) is 12.6. The maximum atomic E-state index is 12.6. The minimum absolute atomic E-state index is 0.0145. The zero-order valence-electron chi connectivity index (χ0n) is 15.6. The van der Waals surface area contributed by atoms with Gasteiger partial charge in [0.05, 0.1) is 0 Å². The van der Waals surface area contributed by atoms with Gasteiger partial charge >= 0.3 is 0 Å². The molecule has 0 spiro atoms. The van der Waals surface area contributed by atoms with E-state index >= 15 is 0 Å². The summed E-state index contributed by atoms with van der Waals surface area (Å²) in [5.74, 6) is 0.118. The van der Waals surface area contributed by atoms with Crippen LogP contribution in [0.25, 0.3) is 6.08 Å². The highest BCUT2D eigenvalue weighted by Crippen LogP contribution is 2.22. The molecule has 1 N–H and O–H groups in total. The lowest BCUT2D eigenvalue weighted by atomic mass is 9.96. The second kappa shape index (κ2) is 9.65. The average molecular weight is 355 g/mol. The van der Waals surface area contributed by atoms with Crippen LogP contribution in [0.15, 0.2) is 91.0 Å². The van der Waals surface area contributed by atoms with Crippen molar-refractivity contribution in [1.29, 1.82) is 0 Å². The fourth-order valence-corrected chi connectivity index (χ4v) is 3.13. The molecule has 3 rings (SSSR count). The van der Waals surface area contributed by atoms with Crippen molar-refractivity contribution >= 4 is 11.9 Å². The highest BCUT2D eigenvalue weighted by atomic mass is 16.1. The summed E-state index contributed by atoms with van der Waals surface area (Å²) in [5.41, 5.74) is 4.62. The summed E-state index contributed by atoms with van der Waals surface area (Å²) in [6.07, 6.45) is 4.00. The Morgan fingerprint density at radius 3 is 2.22 bits per heavy atom. The number of ketones is 1. The average Bonchev–Trinajstić information content (AvgIpc) is 2.72. The van der Waals surface area contributed by atoms with Crippen molar-refractivity contribution in [3.05, 3.63) is 113 Å². The lowest BCUT2D eigenvalue weighted by Gasteiger charge is -2.20. The summed E-state index contributed by atoms with van der Waals surface area (Å²) in [6, 6.07) is 28.4. The Labute approximate surface area is 161 Å². The molecule has 0 amide bonds. The third-order valence-corrected chi connectivity index (χ3v) is 4.63. The monoisotopic (exact) mass is 355 g/mol. The van der Waals surface area contributed by atoms with E-state index in [2.05, 4.69) is 36.5 Å². The first-order valence-corrected chi connectivity index (χ1v) is 9.31. The van der Waals surface area contributed by atoms with Crippen molar-refractivity contribution in [3.63, 3.8) is 0 Å². The fourth-order valence-electron chi connectivity index (χ4n) is 3.13. The first kappa shape index (κ1) is 18.8. The molecule has 27 heavy (non-hydrogen) atoms. The number of nitrogens with one attached hydrogen (secondary N) is 1. The molecule has 136 valence electrons. The Bertz CT molecular complexity index is 884. The Kier molecular flexibility index (Phi) is 6.72. The topological polar surface area (TPSA) is 29.1 Å². The van der Waals surface area contributed by atoms with E-state index in [1.54, 1.807) is 6.08 Å². The van der Waals surface area contributed by atoms with E-state index < -0.39 is 0 Å². The van der Waals surface area contributed by atoms with E-state index in [4.69, 9.17) is 0 Å². The van der Waals surface area contributed by atoms with Gasteiger partial charge in [-0.05, 0) is 35.3 Å². The van der Waals surface area contributed by atoms with Crippen LogP contribution < -0.4 is 5.32 Å². The summed E-state index contributed by atoms with van der Waals surface area (Å²) >= 11 is 0. The van der Waals surface area contributed by atoms with Crippen molar-refractivity contribution in [2.45, 2.75) is 25.9 Å². The molecule has 3 aromatic carbocycles. The smallest absolute Gasteiger partial charge is 0.157 e. The van der Waals surface area contributed by atoms with E-state index in [9.17, 15) is 4.79 Å². The van der Waals surface area contributed by atoms with Crippen molar-refractivity contribution < 1.29 is 4.79 Å². The molecule has 0 aliphatic heterocycles. The Balaban J connectivity index is 1.72. The normalized spacial score (nSPS) is 12.2. The molecule has 1 atom stereocenters. The summed E-state index contributed by atoms with van der Waals surface area (Å²) in [6.45, 7) is 2.83. The lowest BCUT2D eigenvalue weighted by Crippen LogP contribution is -2.24. The van der Waals surface area contributed by atoms with Gasteiger partial charge in [0.1, 0.15) is 0 Å². The maximum Gasteiger partial charge on any atom is 0.157 e. The molecule has 1 unspecified atom stereocenters. The Hall–Kier alpha value is -2.97. The molecular weight excluding hydrogens is 330 g/mol. The molecular formula is C25H25NO. The first-order valence-electron chi connectivity index (χ1n) is 9.31. The quantitative estimate of drug-likeness (QED) is 0.541. The minimum atomic E-state index is -0.0145. The van der Waals surface area contributed by atoms with E-state index in [-0.39, 0.29) is 11.8 Å². The van der Waals surface area contributed by atoms with Crippen LogP contribution in [-0.2, 0) is 11.3 Å². The van der Waals surface area contributed by atoms with Crippen molar-refractivity contribution in [3.8, 4) is 0 Å². The predicted octanol–water partition coefficient (Wildman–Crippen LogP) is 5.50. The number of carbonyl (C=O) groups excluding carboxylic acids is 1. The van der Waals surface area contributed by atoms with Gasteiger partial charge in [0.15, 0.2) is 5.78 Å².